The number of benzene rings is 2. The van der Waals surface area contributed by atoms with Crippen molar-refractivity contribution < 1.29 is 4.43 Å². The summed E-state index contributed by atoms with van der Waals surface area (Å²) in [6.07, 6.45) is 0.270. The van der Waals surface area contributed by atoms with Crippen LogP contribution < -0.4 is 10.4 Å². The van der Waals surface area contributed by atoms with E-state index in [9.17, 15) is 0 Å². The van der Waals surface area contributed by atoms with Gasteiger partial charge in [0.25, 0.3) is 0 Å². The van der Waals surface area contributed by atoms with Gasteiger partial charge in [0.15, 0.2) is 0 Å². The molecule has 0 amide bonds. The quantitative estimate of drug-likeness (QED) is 0.745. The molecule has 0 aliphatic rings. The van der Waals surface area contributed by atoms with Gasteiger partial charge in [-0.25, -0.2) is 0 Å². The molecule has 0 aliphatic heterocycles. The Hall–Kier alpha value is -1.38. The summed E-state index contributed by atoms with van der Waals surface area (Å²) in [5, 5.41) is 2.68. The number of rotatable bonds is 4. The molecule has 88 valence electrons. The van der Waals surface area contributed by atoms with E-state index in [0.717, 1.165) is 0 Å². The third-order valence-corrected chi connectivity index (χ3v) is 5.41. The van der Waals surface area contributed by atoms with Gasteiger partial charge in [-0.2, -0.15) is 0 Å². The van der Waals surface area contributed by atoms with Crippen LogP contribution in [0.3, 0.4) is 0 Å². The molecule has 1 nitrogen and oxygen atoms in total. The second-order valence-corrected chi connectivity index (χ2v) is 6.75. The Morgan fingerprint density at radius 1 is 0.765 bits per heavy atom. The molecule has 17 heavy (non-hydrogen) atoms. The van der Waals surface area contributed by atoms with Gasteiger partial charge in [-0.15, -0.1) is 0 Å². The standard InChI is InChI=1S/C15H18OSi/c1-13(2)16-17(14-9-5-3-6-10-14)15-11-7-4-8-12-15/h3-13,17H,1-2H3. The van der Waals surface area contributed by atoms with E-state index >= 15 is 0 Å². The lowest BCUT2D eigenvalue weighted by Crippen LogP contribution is -2.46. The Morgan fingerprint density at radius 3 is 1.53 bits per heavy atom. The molecular formula is C15H18OSi. The molecule has 0 aliphatic carbocycles. The molecule has 2 rings (SSSR count). The average molecular weight is 242 g/mol. The van der Waals surface area contributed by atoms with Crippen LogP contribution in [0.4, 0.5) is 0 Å². The fraction of sp³-hybridized carbons (Fsp3) is 0.200. The minimum absolute atomic E-state index is 0.270. The van der Waals surface area contributed by atoms with E-state index in [1.54, 1.807) is 0 Å². The Balaban J connectivity index is 2.32. The third-order valence-electron chi connectivity index (χ3n) is 2.61. The number of hydrogen-bond donors (Lipinski definition) is 0. The summed E-state index contributed by atoms with van der Waals surface area (Å²) < 4.78 is 6.16. The maximum atomic E-state index is 6.16. The zero-order chi connectivity index (χ0) is 12.1. The zero-order valence-corrected chi connectivity index (χ0v) is 11.5. The molecule has 0 atom stereocenters. The minimum atomic E-state index is -1.51. The number of hydrogen-bond acceptors (Lipinski definition) is 1. The van der Waals surface area contributed by atoms with E-state index in [1.165, 1.54) is 10.4 Å². The maximum Gasteiger partial charge on any atom is 0.240 e. The highest BCUT2D eigenvalue weighted by Gasteiger charge is 2.18. The first kappa shape index (κ1) is 12.1. The van der Waals surface area contributed by atoms with E-state index in [-0.39, 0.29) is 6.10 Å². The van der Waals surface area contributed by atoms with E-state index < -0.39 is 9.04 Å². The second-order valence-electron chi connectivity index (χ2n) is 4.39. The van der Waals surface area contributed by atoms with Crippen LogP contribution in [0.2, 0.25) is 0 Å². The Bertz CT molecular complexity index is 399. The first-order chi connectivity index (χ1) is 8.27. The van der Waals surface area contributed by atoms with Crippen molar-refractivity contribution in [2.75, 3.05) is 0 Å². The predicted molar refractivity (Wildman–Crippen MR) is 75.5 cm³/mol. The highest BCUT2D eigenvalue weighted by atomic mass is 28.3. The Morgan fingerprint density at radius 2 is 1.18 bits per heavy atom. The smallest absolute Gasteiger partial charge is 0.240 e. The van der Waals surface area contributed by atoms with Gasteiger partial charge in [0.2, 0.25) is 9.04 Å². The fourth-order valence-corrected chi connectivity index (χ4v) is 4.26. The first-order valence-corrected chi connectivity index (χ1v) is 7.65. The molecule has 0 spiro atoms. The molecule has 0 bridgehead atoms. The zero-order valence-electron chi connectivity index (χ0n) is 10.3. The van der Waals surface area contributed by atoms with Crippen LogP contribution in [-0.2, 0) is 4.43 Å². The lowest BCUT2D eigenvalue weighted by molar-refractivity contribution is 0.253. The Kier molecular flexibility index (Phi) is 4.12. The highest BCUT2D eigenvalue weighted by molar-refractivity contribution is 6.80. The van der Waals surface area contributed by atoms with E-state index in [1.807, 2.05) is 0 Å². The average Bonchev–Trinajstić information content (AvgIpc) is 2.38. The van der Waals surface area contributed by atoms with Gasteiger partial charge in [-0.3, -0.25) is 0 Å². The fourth-order valence-electron chi connectivity index (χ4n) is 1.88. The predicted octanol–water partition coefficient (Wildman–Crippen LogP) is 1.95. The molecule has 2 heteroatoms. The lowest BCUT2D eigenvalue weighted by atomic mass is 10.4. The summed E-state index contributed by atoms with van der Waals surface area (Å²) in [6, 6.07) is 21.1. The van der Waals surface area contributed by atoms with Crippen LogP contribution in [0.15, 0.2) is 60.7 Å². The normalized spacial score (nSPS) is 11.1. The Labute approximate surface area is 105 Å². The van der Waals surface area contributed by atoms with Crippen molar-refractivity contribution >= 4 is 19.4 Å². The maximum absolute atomic E-state index is 6.16. The van der Waals surface area contributed by atoms with Crippen molar-refractivity contribution in [3.8, 4) is 0 Å². The van der Waals surface area contributed by atoms with Crippen molar-refractivity contribution in [1.29, 1.82) is 0 Å². The SMILES string of the molecule is CC(C)O[SiH](c1ccccc1)c1ccccc1. The summed E-state index contributed by atoms with van der Waals surface area (Å²) >= 11 is 0. The van der Waals surface area contributed by atoms with E-state index in [0.29, 0.717) is 0 Å². The molecule has 0 saturated carbocycles. The molecule has 0 aromatic heterocycles. The van der Waals surface area contributed by atoms with Crippen molar-refractivity contribution in [2.45, 2.75) is 20.0 Å². The largest absolute Gasteiger partial charge is 0.409 e. The summed E-state index contributed by atoms with van der Waals surface area (Å²) in [7, 11) is -1.51. The van der Waals surface area contributed by atoms with Gasteiger partial charge in [-0.05, 0) is 24.2 Å². The van der Waals surface area contributed by atoms with Crippen LogP contribution >= 0.6 is 0 Å². The van der Waals surface area contributed by atoms with Gasteiger partial charge < -0.3 is 4.43 Å². The molecule has 2 aromatic rings. The van der Waals surface area contributed by atoms with Gasteiger partial charge >= 0.3 is 0 Å². The summed E-state index contributed by atoms with van der Waals surface area (Å²) in [5.74, 6) is 0. The van der Waals surface area contributed by atoms with Crippen molar-refractivity contribution in [3.05, 3.63) is 60.7 Å². The van der Waals surface area contributed by atoms with Gasteiger partial charge in [0.05, 0.1) is 0 Å². The van der Waals surface area contributed by atoms with Crippen molar-refractivity contribution in [1.82, 2.24) is 0 Å². The summed E-state index contributed by atoms with van der Waals surface area (Å²) in [4.78, 5) is 0. The molecule has 0 radical (unpaired) electrons. The van der Waals surface area contributed by atoms with Crippen LogP contribution in [-0.4, -0.2) is 15.1 Å². The minimum Gasteiger partial charge on any atom is -0.409 e. The monoisotopic (exact) mass is 242 g/mol. The van der Waals surface area contributed by atoms with Crippen LogP contribution in [0.25, 0.3) is 0 Å². The lowest BCUT2D eigenvalue weighted by Gasteiger charge is -2.19. The van der Waals surface area contributed by atoms with Crippen LogP contribution in [0.1, 0.15) is 13.8 Å². The van der Waals surface area contributed by atoms with Crippen LogP contribution in [0.5, 0.6) is 0 Å². The molecule has 0 N–H and O–H groups in total. The molecule has 0 heterocycles. The summed E-state index contributed by atoms with van der Waals surface area (Å²) in [5.41, 5.74) is 0. The van der Waals surface area contributed by atoms with Crippen molar-refractivity contribution in [3.63, 3.8) is 0 Å². The highest BCUT2D eigenvalue weighted by Crippen LogP contribution is 1.98. The molecular weight excluding hydrogens is 224 g/mol. The first-order valence-electron chi connectivity index (χ1n) is 6.02. The summed E-state index contributed by atoms with van der Waals surface area (Å²) in [6.45, 7) is 4.21. The van der Waals surface area contributed by atoms with Gasteiger partial charge in [0.1, 0.15) is 0 Å². The van der Waals surface area contributed by atoms with Crippen LogP contribution in [0, 0.1) is 0 Å². The molecule has 0 unspecified atom stereocenters. The van der Waals surface area contributed by atoms with Gasteiger partial charge in [-0.1, -0.05) is 60.7 Å². The van der Waals surface area contributed by atoms with Gasteiger partial charge in [0, 0.05) is 6.10 Å². The molecule has 0 saturated heterocycles. The van der Waals surface area contributed by atoms with E-state index in [2.05, 4.69) is 74.5 Å². The topological polar surface area (TPSA) is 9.23 Å². The second kappa shape index (κ2) is 5.80. The van der Waals surface area contributed by atoms with Crippen molar-refractivity contribution in [2.24, 2.45) is 0 Å². The molecule has 2 aromatic carbocycles. The third kappa shape index (κ3) is 3.28. The molecule has 0 fully saturated rings. The van der Waals surface area contributed by atoms with E-state index in [4.69, 9.17) is 4.43 Å².